The molecule has 0 radical (unpaired) electrons. The van der Waals surface area contributed by atoms with E-state index in [1.54, 1.807) is 25.1 Å². The highest BCUT2D eigenvalue weighted by molar-refractivity contribution is 7.89. The predicted octanol–water partition coefficient (Wildman–Crippen LogP) is 1.60. The van der Waals surface area contributed by atoms with Gasteiger partial charge in [0.15, 0.2) is 16.3 Å². The summed E-state index contributed by atoms with van der Waals surface area (Å²) in [7, 11) is -0.903. The lowest BCUT2D eigenvalue weighted by Crippen LogP contribution is -2.23. The highest BCUT2D eigenvalue weighted by Crippen LogP contribution is 2.28. The highest BCUT2D eigenvalue weighted by Gasteiger charge is 2.16. The lowest BCUT2D eigenvalue weighted by Gasteiger charge is -2.08. The van der Waals surface area contributed by atoms with Crippen LogP contribution in [-0.4, -0.2) is 45.7 Å². The van der Waals surface area contributed by atoms with E-state index in [2.05, 4.69) is 4.99 Å². The van der Waals surface area contributed by atoms with E-state index in [1.165, 1.54) is 37.0 Å². The fourth-order valence-corrected chi connectivity index (χ4v) is 4.82. The standard InChI is InChI=1S/C21H23N3O7S2/c1-4-31-20(26)12-24-15-7-6-14(33(22,27)28)11-18(15)32-21(24)23-19(25)10-13-5-8-16(29-2)17(9-13)30-3/h5-9,11H,4,10,12H2,1-3H3,(H2,22,27,28). The van der Waals surface area contributed by atoms with Crippen molar-refractivity contribution in [2.24, 2.45) is 10.1 Å². The number of carbonyl (C=O) groups excluding carboxylic acids is 2. The number of aromatic nitrogens is 1. The highest BCUT2D eigenvalue weighted by atomic mass is 32.2. The zero-order valence-corrected chi connectivity index (χ0v) is 19.9. The molecule has 1 aromatic heterocycles. The van der Waals surface area contributed by atoms with Crippen LogP contribution in [0.1, 0.15) is 12.5 Å². The summed E-state index contributed by atoms with van der Waals surface area (Å²) in [5, 5.41) is 5.22. The Morgan fingerprint density at radius 3 is 2.45 bits per heavy atom. The molecule has 0 bridgehead atoms. The van der Waals surface area contributed by atoms with Gasteiger partial charge in [0.05, 0.1) is 42.4 Å². The number of benzene rings is 2. The van der Waals surface area contributed by atoms with Crippen molar-refractivity contribution < 1.29 is 32.2 Å². The van der Waals surface area contributed by atoms with E-state index in [-0.39, 0.29) is 29.3 Å². The van der Waals surface area contributed by atoms with E-state index in [0.717, 1.165) is 11.3 Å². The van der Waals surface area contributed by atoms with Crippen LogP contribution in [0.4, 0.5) is 0 Å². The second kappa shape index (κ2) is 10.1. The van der Waals surface area contributed by atoms with E-state index in [1.807, 2.05) is 0 Å². The van der Waals surface area contributed by atoms with E-state index < -0.39 is 21.9 Å². The van der Waals surface area contributed by atoms with Crippen molar-refractivity contribution in [1.82, 2.24) is 4.57 Å². The van der Waals surface area contributed by atoms with Crippen LogP contribution in [0, 0.1) is 0 Å². The Kier molecular flexibility index (Phi) is 7.51. The summed E-state index contributed by atoms with van der Waals surface area (Å²) in [6, 6.07) is 9.34. The molecule has 3 aromatic rings. The Bertz CT molecular complexity index is 1370. The van der Waals surface area contributed by atoms with E-state index in [0.29, 0.717) is 27.3 Å². The van der Waals surface area contributed by atoms with E-state index >= 15 is 0 Å². The molecule has 0 saturated carbocycles. The van der Waals surface area contributed by atoms with Gasteiger partial charge in [0.25, 0.3) is 5.91 Å². The van der Waals surface area contributed by atoms with Gasteiger partial charge in [-0.15, -0.1) is 0 Å². The third-order valence-corrected chi connectivity index (χ3v) is 6.55. The summed E-state index contributed by atoms with van der Waals surface area (Å²) in [4.78, 5) is 29.2. The van der Waals surface area contributed by atoms with Gasteiger partial charge < -0.3 is 18.8 Å². The number of methoxy groups -OCH3 is 2. The summed E-state index contributed by atoms with van der Waals surface area (Å²) in [6.45, 7) is 1.69. The lowest BCUT2D eigenvalue weighted by molar-refractivity contribution is -0.143. The molecular formula is C21H23N3O7S2. The summed E-state index contributed by atoms with van der Waals surface area (Å²) < 4.78 is 40.9. The van der Waals surface area contributed by atoms with Crippen LogP contribution in [0.3, 0.4) is 0 Å². The zero-order chi connectivity index (χ0) is 24.2. The Morgan fingerprint density at radius 1 is 1.09 bits per heavy atom. The predicted molar refractivity (Wildman–Crippen MR) is 122 cm³/mol. The molecule has 1 heterocycles. The minimum atomic E-state index is -3.92. The molecule has 0 aliphatic heterocycles. The molecule has 0 saturated heterocycles. The Hall–Kier alpha value is -3.22. The molecule has 0 fully saturated rings. The van der Waals surface area contributed by atoms with Crippen LogP contribution in [-0.2, 0) is 37.3 Å². The number of fused-ring (bicyclic) bond motifs is 1. The average molecular weight is 494 g/mol. The molecule has 0 spiro atoms. The average Bonchev–Trinajstić information content (AvgIpc) is 3.09. The molecule has 0 aliphatic rings. The Balaban J connectivity index is 2.03. The number of primary sulfonamides is 1. The SMILES string of the molecule is CCOC(=O)Cn1c(=NC(=O)Cc2ccc(OC)c(OC)c2)sc2cc(S(N)(=O)=O)ccc21. The normalized spacial score (nSPS) is 12.1. The number of nitrogens with two attached hydrogens (primary N) is 1. The number of amides is 1. The molecule has 0 atom stereocenters. The maximum absolute atomic E-state index is 12.7. The number of nitrogens with zero attached hydrogens (tertiary/aromatic N) is 2. The van der Waals surface area contributed by atoms with Gasteiger partial charge in [-0.25, -0.2) is 13.6 Å². The Labute approximate surface area is 194 Å². The molecule has 176 valence electrons. The van der Waals surface area contributed by atoms with Crippen LogP contribution in [0.5, 0.6) is 11.5 Å². The molecule has 12 heteroatoms. The minimum absolute atomic E-state index is 0.0174. The molecule has 33 heavy (non-hydrogen) atoms. The number of carbonyl (C=O) groups is 2. The molecule has 3 rings (SSSR count). The fraction of sp³-hybridized carbons (Fsp3) is 0.286. The third kappa shape index (κ3) is 5.78. The first-order valence-corrected chi connectivity index (χ1v) is 12.1. The van der Waals surface area contributed by atoms with Gasteiger partial charge in [-0.2, -0.15) is 4.99 Å². The third-order valence-electron chi connectivity index (χ3n) is 4.60. The van der Waals surface area contributed by atoms with Gasteiger partial charge in [0.2, 0.25) is 10.0 Å². The van der Waals surface area contributed by atoms with Crippen LogP contribution in [0.2, 0.25) is 0 Å². The van der Waals surface area contributed by atoms with Crippen molar-refractivity contribution in [3.63, 3.8) is 0 Å². The van der Waals surface area contributed by atoms with Crippen LogP contribution in [0.25, 0.3) is 10.2 Å². The first-order chi connectivity index (χ1) is 15.7. The largest absolute Gasteiger partial charge is 0.493 e. The summed E-state index contributed by atoms with van der Waals surface area (Å²) >= 11 is 1.07. The first-order valence-electron chi connectivity index (χ1n) is 9.76. The first kappa shape index (κ1) is 24.4. The van der Waals surface area contributed by atoms with Gasteiger partial charge in [-0.3, -0.25) is 9.59 Å². The zero-order valence-electron chi connectivity index (χ0n) is 18.2. The topological polar surface area (TPSA) is 139 Å². The van der Waals surface area contributed by atoms with Crippen molar-refractivity contribution in [3.8, 4) is 11.5 Å². The molecule has 10 nitrogen and oxygen atoms in total. The minimum Gasteiger partial charge on any atom is -0.493 e. The van der Waals surface area contributed by atoms with Crippen molar-refractivity contribution in [2.45, 2.75) is 24.8 Å². The molecular weight excluding hydrogens is 470 g/mol. The number of esters is 1. The maximum atomic E-state index is 12.7. The van der Waals surface area contributed by atoms with Crippen molar-refractivity contribution in [2.75, 3.05) is 20.8 Å². The maximum Gasteiger partial charge on any atom is 0.326 e. The monoisotopic (exact) mass is 493 g/mol. The molecule has 2 aromatic carbocycles. The van der Waals surface area contributed by atoms with Crippen molar-refractivity contribution in [3.05, 3.63) is 46.8 Å². The second-order valence-electron chi connectivity index (χ2n) is 6.82. The van der Waals surface area contributed by atoms with E-state index in [4.69, 9.17) is 19.3 Å². The number of hydrogen-bond donors (Lipinski definition) is 1. The quantitative estimate of drug-likeness (QED) is 0.470. The van der Waals surface area contributed by atoms with Gasteiger partial charge >= 0.3 is 5.97 Å². The fourth-order valence-electron chi connectivity index (χ4n) is 3.12. The van der Waals surface area contributed by atoms with Gasteiger partial charge in [-0.05, 0) is 42.8 Å². The van der Waals surface area contributed by atoms with E-state index in [9.17, 15) is 18.0 Å². The van der Waals surface area contributed by atoms with Crippen LogP contribution < -0.4 is 19.4 Å². The molecule has 1 amide bonds. The van der Waals surface area contributed by atoms with Gasteiger partial charge in [-0.1, -0.05) is 17.4 Å². The smallest absolute Gasteiger partial charge is 0.326 e. The van der Waals surface area contributed by atoms with Gasteiger partial charge in [0.1, 0.15) is 6.54 Å². The molecule has 0 unspecified atom stereocenters. The summed E-state index contributed by atoms with van der Waals surface area (Å²) in [6.07, 6.45) is -0.0174. The van der Waals surface area contributed by atoms with Gasteiger partial charge in [0, 0.05) is 0 Å². The summed E-state index contributed by atoms with van der Waals surface area (Å²) in [5.74, 6) is 0.0465. The molecule has 2 N–H and O–H groups in total. The number of sulfonamides is 1. The van der Waals surface area contributed by atoms with Crippen molar-refractivity contribution >= 4 is 43.5 Å². The van der Waals surface area contributed by atoms with Crippen molar-refractivity contribution in [1.29, 1.82) is 0 Å². The number of rotatable bonds is 8. The molecule has 0 aliphatic carbocycles. The van der Waals surface area contributed by atoms with Crippen LogP contribution >= 0.6 is 11.3 Å². The number of hydrogen-bond acceptors (Lipinski definition) is 8. The summed E-state index contributed by atoms with van der Waals surface area (Å²) in [5.41, 5.74) is 1.19. The Morgan fingerprint density at radius 2 is 1.82 bits per heavy atom. The van der Waals surface area contributed by atoms with Crippen LogP contribution in [0.15, 0.2) is 46.3 Å². The lowest BCUT2D eigenvalue weighted by atomic mass is 10.1. The second-order valence-corrected chi connectivity index (χ2v) is 9.39. The number of ether oxygens (including phenoxy) is 3. The number of thiazole rings is 1.